The Bertz CT molecular complexity index is 1040. The normalized spacial score (nSPS) is 14.1. The molecule has 3 aromatic rings. The van der Waals surface area contributed by atoms with Gasteiger partial charge in [0, 0.05) is 38.2 Å². The van der Waals surface area contributed by atoms with Crippen molar-refractivity contribution in [1.82, 2.24) is 14.8 Å². The summed E-state index contributed by atoms with van der Waals surface area (Å²) in [5, 5.41) is 0.923. The topological polar surface area (TPSA) is 53.5 Å². The van der Waals surface area contributed by atoms with Gasteiger partial charge in [0.05, 0.1) is 10.7 Å². The molecule has 0 unspecified atom stereocenters. The molecular formula is C23H22FN3O2S. The molecule has 0 radical (unpaired) electrons. The molecule has 5 nitrogen and oxygen atoms in total. The van der Waals surface area contributed by atoms with Gasteiger partial charge in [-0.1, -0.05) is 30.3 Å². The zero-order valence-electron chi connectivity index (χ0n) is 16.7. The number of aromatic nitrogens is 1. The van der Waals surface area contributed by atoms with Gasteiger partial charge in [0.25, 0.3) is 11.8 Å². The van der Waals surface area contributed by atoms with Gasteiger partial charge in [-0.3, -0.25) is 9.59 Å². The Kier molecular flexibility index (Phi) is 5.90. The van der Waals surface area contributed by atoms with E-state index in [1.54, 1.807) is 9.80 Å². The van der Waals surface area contributed by atoms with Crippen molar-refractivity contribution in [2.75, 3.05) is 26.2 Å². The molecule has 0 aliphatic carbocycles. The van der Waals surface area contributed by atoms with Crippen LogP contribution in [0.4, 0.5) is 4.39 Å². The fourth-order valence-corrected chi connectivity index (χ4v) is 4.59. The van der Waals surface area contributed by atoms with Crippen LogP contribution in [0.2, 0.25) is 0 Å². The quantitative estimate of drug-likeness (QED) is 0.642. The van der Waals surface area contributed by atoms with Gasteiger partial charge in [-0.2, -0.15) is 0 Å². The molecule has 0 spiro atoms. The van der Waals surface area contributed by atoms with Crippen LogP contribution in [0.5, 0.6) is 0 Å². The van der Waals surface area contributed by atoms with E-state index < -0.39 is 0 Å². The Labute approximate surface area is 178 Å². The van der Waals surface area contributed by atoms with E-state index in [2.05, 4.69) is 17.1 Å². The van der Waals surface area contributed by atoms with Crippen molar-refractivity contribution in [3.8, 4) is 0 Å². The summed E-state index contributed by atoms with van der Waals surface area (Å²) < 4.78 is 13.1. The van der Waals surface area contributed by atoms with Crippen molar-refractivity contribution in [3.63, 3.8) is 0 Å². The molecule has 2 aromatic carbocycles. The molecule has 0 saturated carbocycles. The number of hydrogen-bond donors (Lipinski definition) is 0. The summed E-state index contributed by atoms with van der Waals surface area (Å²) in [5.41, 5.74) is 2.37. The molecule has 7 heteroatoms. The highest BCUT2D eigenvalue weighted by Crippen LogP contribution is 2.23. The van der Waals surface area contributed by atoms with Gasteiger partial charge < -0.3 is 9.80 Å². The molecule has 1 aromatic heterocycles. The van der Waals surface area contributed by atoms with Crippen molar-refractivity contribution in [2.45, 2.75) is 13.3 Å². The molecule has 1 aliphatic heterocycles. The van der Waals surface area contributed by atoms with Crippen LogP contribution >= 0.6 is 11.3 Å². The van der Waals surface area contributed by atoms with Crippen LogP contribution in [0, 0.1) is 12.7 Å². The first-order valence-electron chi connectivity index (χ1n) is 9.85. The highest BCUT2D eigenvalue weighted by Gasteiger charge is 2.27. The number of rotatable bonds is 4. The highest BCUT2D eigenvalue weighted by molar-refractivity contribution is 7.13. The summed E-state index contributed by atoms with van der Waals surface area (Å²) in [4.78, 5) is 34.3. The summed E-state index contributed by atoms with van der Waals surface area (Å²) in [6.07, 6.45) is 0.708. The summed E-state index contributed by atoms with van der Waals surface area (Å²) in [6, 6.07) is 15.6. The molecule has 4 rings (SSSR count). The van der Waals surface area contributed by atoms with E-state index in [1.807, 2.05) is 25.1 Å². The van der Waals surface area contributed by atoms with Gasteiger partial charge in [0.1, 0.15) is 10.7 Å². The maximum atomic E-state index is 13.1. The van der Waals surface area contributed by atoms with Crippen LogP contribution in [0.1, 0.15) is 36.3 Å². The first kappa shape index (κ1) is 20.2. The molecule has 0 N–H and O–H groups in total. The molecule has 30 heavy (non-hydrogen) atoms. The number of carbonyl (C=O) groups is 2. The second kappa shape index (κ2) is 8.75. The van der Waals surface area contributed by atoms with Crippen molar-refractivity contribution in [3.05, 3.63) is 87.1 Å². The second-order valence-corrected chi connectivity index (χ2v) is 8.36. The highest BCUT2D eigenvalue weighted by atomic mass is 32.1. The Hall–Kier alpha value is -3.06. The van der Waals surface area contributed by atoms with E-state index in [-0.39, 0.29) is 17.6 Å². The number of hydrogen-bond acceptors (Lipinski definition) is 4. The van der Waals surface area contributed by atoms with Gasteiger partial charge in [-0.05, 0) is 36.8 Å². The van der Waals surface area contributed by atoms with Crippen LogP contribution in [-0.4, -0.2) is 52.8 Å². The van der Waals surface area contributed by atoms with Gasteiger partial charge in [0.2, 0.25) is 0 Å². The summed E-state index contributed by atoms with van der Waals surface area (Å²) in [5.74, 6) is -0.534. The number of thiazole rings is 1. The third-order valence-corrected chi connectivity index (χ3v) is 6.32. The molecule has 154 valence electrons. The minimum Gasteiger partial charge on any atom is -0.335 e. The van der Waals surface area contributed by atoms with Crippen LogP contribution in [-0.2, 0) is 6.42 Å². The largest absolute Gasteiger partial charge is 0.335 e. The average molecular weight is 424 g/mol. The molecule has 2 amide bonds. The first-order chi connectivity index (χ1) is 14.5. The second-order valence-electron chi connectivity index (χ2n) is 7.28. The van der Waals surface area contributed by atoms with Crippen molar-refractivity contribution >= 4 is 23.2 Å². The van der Waals surface area contributed by atoms with Gasteiger partial charge in [0.15, 0.2) is 0 Å². The van der Waals surface area contributed by atoms with Crippen molar-refractivity contribution in [1.29, 1.82) is 0 Å². The number of nitrogens with zero attached hydrogens (tertiary/aromatic N) is 3. The third kappa shape index (κ3) is 4.41. The van der Waals surface area contributed by atoms with Crippen LogP contribution < -0.4 is 0 Å². The lowest BCUT2D eigenvalue weighted by molar-refractivity contribution is 0.0537. The number of amides is 2. The lowest BCUT2D eigenvalue weighted by atomic mass is 10.1. The van der Waals surface area contributed by atoms with Crippen LogP contribution in [0.3, 0.4) is 0 Å². The predicted molar refractivity (Wildman–Crippen MR) is 114 cm³/mol. The Morgan fingerprint density at radius 2 is 1.53 bits per heavy atom. The standard InChI is InChI=1S/C23H22FN3O2S/c1-16-21(30-20(25-16)15-17-5-3-2-4-6-17)23(29)27-13-11-26(12-14-27)22(28)18-7-9-19(24)10-8-18/h2-10H,11-15H2,1H3. The number of carbonyl (C=O) groups excluding carboxylic acids is 2. The fraction of sp³-hybridized carbons (Fsp3) is 0.261. The van der Waals surface area contributed by atoms with E-state index in [9.17, 15) is 14.0 Å². The minimum absolute atomic E-state index is 0.0295. The van der Waals surface area contributed by atoms with E-state index in [4.69, 9.17) is 0 Å². The zero-order chi connectivity index (χ0) is 21.1. The van der Waals surface area contributed by atoms with Crippen LogP contribution in [0.25, 0.3) is 0 Å². The van der Waals surface area contributed by atoms with E-state index in [0.29, 0.717) is 43.0 Å². The predicted octanol–water partition coefficient (Wildman–Crippen LogP) is 3.78. The van der Waals surface area contributed by atoms with Crippen molar-refractivity contribution in [2.24, 2.45) is 0 Å². The van der Waals surface area contributed by atoms with Gasteiger partial charge in [-0.25, -0.2) is 9.37 Å². The number of piperazine rings is 1. The minimum atomic E-state index is -0.367. The Morgan fingerprint density at radius 3 is 2.17 bits per heavy atom. The SMILES string of the molecule is Cc1nc(Cc2ccccc2)sc1C(=O)N1CCN(C(=O)c2ccc(F)cc2)CC1. The lowest BCUT2D eigenvalue weighted by Gasteiger charge is -2.34. The maximum Gasteiger partial charge on any atom is 0.265 e. The summed E-state index contributed by atoms with van der Waals surface area (Å²) in [7, 11) is 0. The number of aryl methyl sites for hydroxylation is 1. The molecule has 0 bridgehead atoms. The number of benzene rings is 2. The van der Waals surface area contributed by atoms with Crippen LogP contribution in [0.15, 0.2) is 54.6 Å². The maximum absolute atomic E-state index is 13.1. The number of halogens is 1. The Morgan fingerprint density at radius 1 is 0.933 bits per heavy atom. The Balaban J connectivity index is 1.38. The summed E-state index contributed by atoms with van der Waals surface area (Å²) in [6.45, 7) is 3.72. The monoisotopic (exact) mass is 423 g/mol. The van der Waals surface area contributed by atoms with Gasteiger partial charge >= 0.3 is 0 Å². The molecule has 0 atom stereocenters. The smallest absolute Gasteiger partial charge is 0.265 e. The van der Waals surface area contributed by atoms with E-state index in [1.165, 1.54) is 35.6 Å². The fourth-order valence-electron chi connectivity index (χ4n) is 3.53. The molecule has 1 saturated heterocycles. The average Bonchev–Trinajstić information content (AvgIpc) is 3.14. The molecular weight excluding hydrogens is 401 g/mol. The molecule has 1 aliphatic rings. The lowest BCUT2D eigenvalue weighted by Crippen LogP contribution is -2.50. The third-order valence-electron chi connectivity index (χ3n) is 5.18. The molecule has 2 heterocycles. The zero-order valence-corrected chi connectivity index (χ0v) is 17.5. The summed E-state index contributed by atoms with van der Waals surface area (Å²) >= 11 is 1.44. The van der Waals surface area contributed by atoms with Crippen molar-refractivity contribution < 1.29 is 14.0 Å². The molecule has 1 fully saturated rings. The first-order valence-corrected chi connectivity index (χ1v) is 10.7. The van der Waals surface area contributed by atoms with E-state index >= 15 is 0 Å². The van der Waals surface area contributed by atoms with Gasteiger partial charge in [-0.15, -0.1) is 11.3 Å². The van der Waals surface area contributed by atoms with E-state index in [0.717, 1.165) is 16.3 Å².